The number of nitrogens with zero attached hydrogens (tertiary/aromatic N) is 3. The molecule has 2 aromatic rings. The highest BCUT2D eigenvalue weighted by Crippen LogP contribution is 2.29. The monoisotopic (exact) mass is 420 g/mol. The molecule has 0 saturated heterocycles. The SMILES string of the molecule is CC(C)CCN(C(=O)c1csnn1)C(C(=O)NC1CCCCC1)c1cccs1. The van der Waals surface area contributed by atoms with Crippen molar-refractivity contribution in [1.29, 1.82) is 0 Å². The highest BCUT2D eigenvalue weighted by molar-refractivity contribution is 7.10. The molecular formula is C20H28N4O2S2. The number of carbonyl (C=O) groups is 2. The second kappa shape index (κ2) is 10.1. The average molecular weight is 421 g/mol. The first-order valence-corrected chi connectivity index (χ1v) is 11.7. The van der Waals surface area contributed by atoms with Crippen LogP contribution < -0.4 is 5.32 Å². The average Bonchev–Trinajstić information content (AvgIpc) is 3.39. The number of rotatable bonds is 8. The summed E-state index contributed by atoms with van der Waals surface area (Å²) < 4.78 is 3.83. The predicted molar refractivity (Wildman–Crippen MR) is 112 cm³/mol. The molecule has 0 aromatic carbocycles. The predicted octanol–water partition coefficient (Wildman–Crippen LogP) is 4.28. The van der Waals surface area contributed by atoms with E-state index in [1.165, 1.54) is 17.8 Å². The summed E-state index contributed by atoms with van der Waals surface area (Å²) in [5.74, 6) is 0.107. The standard InChI is InChI=1S/C20H28N4O2S2/c1-14(2)10-11-24(20(26)16-13-28-23-22-16)18(17-9-6-12-27-17)19(25)21-15-7-4-3-5-8-15/h6,9,12-15,18H,3-5,7-8,10-11H2,1-2H3,(H,21,25). The van der Waals surface area contributed by atoms with Crippen LogP contribution in [0.4, 0.5) is 0 Å². The molecule has 1 fully saturated rings. The maximum atomic E-state index is 13.3. The van der Waals surface area contributed by atoms with Gasteiger partial charge < -0.3 is 10.2 Å². The van der Waals surface area contributed by atoms with Crippen molar-refractivity contribution < 1.29 is 9.59 Å². The molecule has 0 bridgehead atoms. The summed E-state index contributed by atoms with van der Waals surface area (Å²) in [6.45, 7) is 4.75. The number of aromatic nitrogens is 2. The molecule has 1 aliphatic carbocycles. The van der Waals surface area contributed by atoms with E-state index in [1.54, 1.807) is 10.3 Å². The molecule has 1 N–H and O–H groups in total. The van der Waals surface area contributed by atoms with Gasteiger partial charge in [-0.25, -0.2) is 0 Å². The minimum atomic E-state index is -0.630. The minimum absolute atomic E-state index is 0.0883. The van der Waals surface area contributed by atoms with Gasteiger partial charge in [-0.05, 0) is 48.2 Å². The van der Waals surface area contributed by atoms with Crippen molar-refractivity contribution in [1.82, 2.24) is 19.8 Å². The van der Waals surface area contributed by atoms with E-state index in [4.69, 9.17) is 0 Å². The van der Waals surface area contributed by atoms with Gasteiger partial charge in [-0.2, -0.15) is 0 Å². The number of thiophene rings is 1. The lowest BCUT2D eigenvalue weighted by Crippen LogP contribution is -2.47. The molecular weight excluding hydrogens is 392 g/mol. The largest absolute Gasteiger partial charge is 0.351 e. The van der Waals surface area contributed by atoms with E-state index in [1.807, 2.05) is 17.5 Å². The molecule has 2 heterocycles. The minimum Gasteiger partial charge on any atom is -0.351 e. The van der Waals surface area contributed by atoms with Crippen molar-refractivity contribution >= 4 is 34.7 Å². The van der Waals surface area contributed by atoms with Crippen LogP contribution in [-0.2, 0) is 4.79 Å². The molecule has 1 saturated carbocycles. The summed E-state index contributed by atoms with van der Waals surface area (Å²) in [4.78, 5) is 29.1. The number of amides is 2. The van der Waals surface area contributed by atoms with Crippen LogP contribution in [-0.4, -0.2) is 38.9 Å². The Bertz CT molecular complexity index is 740. The zero-order valence-corrected chi connectivity index (χ0v) is 18.1. The van der Waals surface area contributed by atoms with Crippen LogP contribution in [0.5, 0.6) is 0 Å². The topological polar surface area (TPSA) is 75.2 Å². The van der Waals surface area contributed by atoms with Crippen LogP contribution in [0.3, 0.4) is 0 Å². The molecule has 152 valence electrons. The fourth-order valence-corrected chi connectivity index (χ4v) is 4.81. The van der Waals surface area contributed by atoms with E-state index in [-0.39, 0.29) is 17.9 Å². The summed E-state index contributed by atoms with van der Waals surface area (Å²) >= 11 is 2.66. The molecule has 2 aromatic heterocycles. The Balaban J connectivity index is 1.87. The Morgan fingerprint density at radius 2 is 2.07 bits per heavy atom. The number of nitrogens with one attached hydrogen (secondary N) is 1. The van der Waals surface area contributed by atoms with Crippen molar-refractivity contribution in [3.05, 3.63) is 33.5 Å². The summed E-state index contributed by atoms with van der Waals surface area (Å²) in [5, 5.41) is 10.8. The lowest BCUT2D eigenvalue weighted by atomic mass is 9.95. The molecule has 3 rings (SSSR count). The molecule has 1 unspecified atom stereocenters. The third kappa shape index (κ3) is 5.38. The summed E-state index contributed by atoms with van der Waals surface area (Å²) in [6, 6.07) is 3.43. The van der Waals surface area contributed by atoms with E-state index in [0.717, 1.165) is 48.5 Å². The van der Waals surface area contributed by atoms with E-state index in [9.17, 15) is 9.59 Å². The number of hydrogen-bond acceptors (Lipinski definition) is 6. The highest BCUT2D eigenvalue weighted by Gasteiger charge is 2.34. The van der Waals surface area contributed by atoms with Crippen molar-refractivity contribution in [2.24, 2.45) is 5.92 Å². The molecule has 28 heavy (non-hydrogen) atoms. The molecule has 1 atom stereocenters. The molecule has 8 heteroatoms. The van der Waals surface area contributed by atoms with Crippen LogP contribution in [0.2, 0.25) is 0 Å². The number of hydrogen-bond donors (Lipinski definition) is 1. The van der Waals surface area contributed by atoms with Crippen LogP contribution in [0.15, 0.2) is 22.9 Å². The van der Waals surface area contributed by atoms with Crippen molar-refractivity contribution in [3.63, 3.8) is 0 Å². The second-order valence-corrected chi connectivity index (χ2v) is 9.32. The number of carbonyl (C=O) groups excluding carboxylic acids is 2. The van der Waals surface area contributed by atoms with E-state index in [2.05, 4.69) is 28.8 Å². The summed E-state index contributed by atoms with van der Waals surface area (Å²) in [5.41, 5.74) is 0.306. The molecule has 0 aliphatic heterocycles. The van der Waals surface area contributed by atoms with Crippen molar-refractivity contribution in [2.75, 3.05) is 6.54 Å². The second-order valence-electron chi connectivity index (χ2n) is 7.73. The Hall–Kier alpha value is -1.80. The Labute approximate surface area is 174 Å². The van der Waals surface area contributed by atoms with Gasteiger partial charge in [0, 0.05) is 22.8 Å². The van der Waals surface area contributed by atoms with E-state index < -0.39 is 6.04 Å². The maximum Gasteiger partial charge on any atom is 0.276 e. The zero-order chi connectivity index (χ0) is 19.9. The first-order chi connectivity index (χ1) is 13.6. The first kappa shape index (κ1) is 20.9. The maximum absolute atomic E-state index is 13.3. The van der Waals surface area contributed by atoms with Gasteiger partial charge in [0.2, 0.25) is 5.91 Å². The Morgan fingerprint density at radius 1 is 1.29 bits per heavy atom. The zero-order valence-electron chi connectivity index (χ0n) is 16.5. The molecule has 1 aliphatic rings. The van der Waals surface area contributed by atoms with Crippen LogP contribution in [0.25, 0.3) is 0 Å². The van der Waals surface area contributed by atoms with Gasteiger partial charge in [0.1, 0.15) is 6.04 Å². The van der Waals surface area contributed by atoms with Gasteiger partial charge in [0.25, 0.3) is 5.91 Å². The normalized spacial score (nSPS) is 16.1. The van der Waals surface area contributed by atoms with Gasteiger partial charge >= 0.3 is 0 Å². The van der Waals surface area contributed by atoms with Crippen LogP contribution >= 0.6 is 22.9 Å². The highest BCUT2D eigenvalue weighted by atomic mass is 32.1. The Kier molecular flexibility index (Phi) is 7.56. The molecule has 6 nitrogen and oxygen atoms in total. The fourth-order valence-electron chi connectivity index (χ4n) is 3.55. The summed E-state index contributed by atoms with van der Waals surface area (Å²) in [6.07, 6.45) is 6.38. The molecule has 0 spiro atoms. The van der Waals surface area contributed by atoms with E-state index >= 15 is 0 Å². The van der Waals surface area contributed by atoms with E-state index in [0.29, 0.717) is 18.2 Å². The lowest BCUT2D eigenvalue weighted by molar-refractivity contribution is -0.126. The van der Waals surface area contributed by atoms with Crippen LogP contribution in [0.1, 0.15) is 73.8 Å². The van der Waals surface area contributed by atoms with Gasteiger partial charge in [-0.1, -0.05) is 43.7 Å². The third-order valence-electron chi connectivity index (χ3n) is 5.11. The van der Waals surface area contributed by atoms with Gasteiger partial charge in [0.15, 0.2) is 5.69 Å². The Morgan fingerprint density at radius 3 is 2.68 bits per heavy atom. The quantitative estimate of drug-likeness (QED) is 0.692. The van der Waals surface area contributed by atoms with Crippen molar-refractivity contribution in [3.8, 4) is 0 Å². The van der Waals surface area contributed by atoms with Crippen LogP contribution in [0, 0.1) is 5.92 Å². The first-order valence-electron chi connectivity index (χ1n) is 9.98. The summed E-state index contributed by atoms with van der Waals surface area (Å²) in [7, 11) is 0. The van der Waals surface area contributed by atoms with Crippen molar-refractivity contribution in [2.45, 2.75) is 64.5 Å². The smallest absolute Gasteiger partial charge is 0.276 e. The molecule has 0 radical (unpaired) electrons. The lowest BCUT2D eigenvalue weighted by Gasteiger charge is -2.32. The fraction of sp³-hybridized carbons (Fsp3) is 0.600. The van der Waals surface area contributed by atoms with Gasteiger partial charge in [-0.15, -0.1) is 16.4 Å². The van der Waals surface area contributed by atoms with Gasteiger partial charge in [-0.3, -0.25) is 9.59 Å². The third-order valence-corrected chi connectivity index (χ3v) is 6.54. The molecule has 2 amide bonds. The van der Waals surface area contributed by atoms with Gasteiger partial charge in [0.05, 0.1) is 0 Å².